The van der Waals surface area contributed by atoms with Gasteiger partial charge < -0.3 is 19.6 Å². The number of ether oxygens (including phenoxy) is 1. The zero-order valence-corrected chi connectivity index (χ0v) is 29.5. The highest BCUT2D eigenvalue weighted by molar-refractivity contribution is 6.03. The lowest BCUT2D eigenvalue weighted by Crippen LogP contribution is -2.43. The number of benzene rings is 2. The first-order chi connectivity index (χ1) is 25.3. The van der Waals surface area contributed by atoms with E-state index in [0.717, 1.165) is 64.8 Å². The van der Waals surface area contributed by atoms with Crippen molar-refractivity contribution in [1.82, 2.24) is 39.7 Å². The number of nitrogens with zero attached hydrogens (tertiary/aromatic N) is 8. The second kappa shape index (κ2) is 14.0. The summed E-state index contributed by atoms with van der Waals surface area (Å²) < 4.78 is 7.33. The van der Waals surface area contributed by atoms with Gasteiger partial charge in [-0.25, -0.2) is 9.97 Å². The minimum absolute atomic E-state index is 0.0181. The number of aliphatic hydroxyl groups is 1. The highest BCUT2D eigenvalue weighted by Crippen LogP contribution is 2.43. The predicted octanol–water partition coefficient (Wildman–Crippen LogP) is 4.41. The fourth-order valence-corrected chi connectivity index (χ4v) is 7.68. The number of pyridine rings is 1. The van der Waals surface area contributed by atoms with Gasteiger partial charge >= 0.3 is 0 Å². The Hall–Kier alpha value is -5.40. The molecule has 13 nitrogen and oxygen atoms in total. The van der Waals surface area contributed by atoms with Crippen LogP contribution in [-0.2, 0) is 16.1 Å². The average Bonchev–Trinajstić information content (AvgIpc) is 3.96. The van der Waals surface area contributed by atoms with E-state index < -0.39 is 5.41 Å². The Morgan fingerprint density at radius 1 is 1.00 bits per heavy atom. The second-order valence-electron chi connectivity index (χ2n) is 14.3. The quantitative estimate of drug-likeness (QED) is 0.216. The Kier molecular flexibility index (Phi) is 9.06. The van der Waals surface area contributed by atoms with E-state index in [1.165, 1.54) is 5.57 Å². The number of likely N-dealkylation sites (tertiary alicyclic amines) is 1. The first-order valence-electron chi connectivity index (χ1n) is 18.0. The van der Waals surface area contributed by atoms with Crippen LogP contribution >= 0.6 is 0 Å². The monoisotopic (exact) mass is 701 g/mol. The molecule has 5 aromatic rings. The van der Waals surface area contributed by atoms with Crippen LogP contribution in [0.25, 0.3) is 39.1 Å². The lowest BCUT2D eigenvalue weighted by Gasteiger charge is -2.29. The number of hydrogen-bond donors (Lipinski definition) is 2. The van der Waals surface area contributed by atoms with E-state index in [2.05, 4.69) is 48.4 Å². The number of nitrogens with one attached hydrogen (secondary N) is 1. The fraction of sp³-hybridized carbons (Fsp3) is 0.385. The molecule has 13 heteroatoms. The number of aliphatic hydroxyl groups excluding tert-OH is 1. The zero-order chi connectivity index (χ0) is 35.8. The molecule has 2 amide bonds. The van der Waals surface area contributed by atoms with Crippen LogP contribution in [0, 0.1) is 5.41 Å². The van der Waals surface area contributed by atoms with Crippen LogP contribution in [0.2, 0.25) is 0 Å². The number of aromatic amines is 1. The zero-order valence-electron chi connectivity index (χ0n) is 29.5. The van der Waals surface area contributed by atoms with Gasteiger partial charge in [-0.3, -0.25) is 24.3 Å². The molecule has 8 rings (SSSR count). The molecule has 0 radical (unpaired) electrons. The maximum absolute atomic E-state index is 14.0. The highest BCUT2D eigenvalue weighted by Gasteiger charge is 2.51. The largest absolute Gasteiger partial charge is 0.475 e. The third-order valence-electron chi connectivity index (χ3n) is 10.5. The molecule has 3 aliphatic rings. The van der Waals surface area contributed by atoms with E-state index in [1.807, 2.05) is 66.1 Å². The molecule has 2 N–H and O–H groups in total. The molecular formula is C39H43N9O4. The number of rotatable bonds is 10. The van der Waals surface area contributed by atoms with E-state index in [9.17, 15) is 9.59 Å². The van der Waals surface area contributed by atoms with Crippen molar-refractivity contribution < 1.29 is 19.4 Å². The van der Waals surface area contributed by atoms with Crippen LogP contribution in [0.1, 0.15) is 38.7 Å². The number of hydrogen-bond acceptors (Lipinski definition) is 9. The Morgan fingerprint density at radius 2 is 1.81 bits per heavy atom. The molecule has 2 aromatic carbocycles. The molecule has 0 aliphatic carbocycles. The van der Waals surface area contributed by atoms with Gasteiger partial charge in [0, 0.05) is 60.6 Å². The van der Waals surface area contributed by atoms with Crippen LogP contribution < -0.4 is 9.64 Å². The van der Waals surface area contributed by atoms with Crippen molar-refractivity contribution in [1.29, 1.82) is 0 Å². The molecule has 0 bridgehead atoms. The molecule has 1 spiro atoms. The van der Waals surface area contributed by atoms with E-state index in [4.69, 9.17) is 9.84 Å². The third-order valence-corrected chi connectivity index (χ3v) is 10.5. The summed E-state index contributed by atoms with van der Waals surface area (Å²) in [4.78, 5) is 42.3. The minimum atomic E-state index is -0.474. The number of amides is 2. The van der Waals surface area contributed by atoms with Crippen molar-refractivity contribution in [2.75, 3.05) is 50.8 Å². The molecule has 1 unspecified atom stereocenters. The number of carbonyl (C=O) groups is 2. The molecule has 2 saturated heterocycles. The normalized spacial score (nSPS) is 19.4. The minimum Gasteiger partial charge on any atom is -0.475 e. The van der Waals surface area contributed by atoms with Gasteiger partial charge in [-0.15, -0.1) is 0 Å². The standard InChI is InChI=1S/C39H43N9O4/c1-26(2)52-34-10-7-30(22-40-34)36-32-21-31(8-9-33(32)42-43-36)48-18-14-39(38(48)51)13-17-45(24-39)23-35(50)46-15-11-28(12-16-46)27-3-5-29(6-4-27)37-41-25-47(44-37)19-20-49/h3-11,21-22,25-26,49H,12-20,23-24H2,1-2H3,(H,42,43). The van der Waals surface area contributed by atoms with E-state index in [1.54, 1.807) is 17.2 Å². The summed E-state index contributed by atoms with van der Waals surface area (Å²) in [6.45, 7) is 7.89. The Morgan fingerprint density at radius 3 is 2.56 bits per heavy atom. The van der Waals surface area contributed by atoms with Gasteiger partial charge in [0.1, 0.15) is 12.0 Å². The van der Waals surface area contributed by atoms with Crippen LogP contribution in [0.5, 0.6) is 5.88 Å². The molecule has 2 fully saturated rings. The van der Waals surface area contributed by atoms with Gasteiger partial charge in [0.25, 0.3) is 0 Å². The Labute approximate surface area is 301 Å². The van der Waals surface area contributed by atoms with Crippen molar-refractivity contribution in [2.45, 2.75) is 45.8 Å². The molecule has 3 aromatic heterocycles. The Balaban J connectivity index is 0.876. The average molecular weight is 702 g/mol. The summed E-state index contributed by atoms with van der Waals surface area (Å²) in [6, 6.07) is 18.0. The summed E-state index contributed by atoms with van der Waals surface area (Å²) in [5.41, 5.74) is 6.19. The molecule has 6 heterocycles. The molecule has 3 aliphatic heterocycles. The van der Waals surface area contributed by atoms with Gasteiger partial charge in [0.15, 0.2) is 5.82 Å². The highest BCUT2D eigenvalue weighted by atomic mass is 16.5. The van der Waals surface area contributed by atoms with Gasteiger partial charge in [-0.2, -0.15) is 10.2 Å². The number of fused-ring (bicyclic) bond motifs is 1. The van der Waals surface area contributed by atoms with Crippen LogP contribution in [0.4, 0.5) is 5.69 Å². The molecular weight excluding hydrogens is 658 g/mol. The van der Waals surface area contributed by atoms with E-state index >= 15 is 0 Å². The second-order valence-corrected chi connectivity index (χ2v) is 14.3. The SMILES string of the molecule is CC(C)Oc1ccc(-c2n[nH]c3ccc(N4CCC5(CCN(CC(=O)N6CC=C(c7ccc(-c8ncn(CCO)n8)cc7)CC6)C5)C4=O)cc23)cn1. The van der Waals surface area contributed by atoms with Crippen LogP contribution in [0.15, 0.2) is 73.2 Å². The van der Waals surface area contributed by atoms with E-state index in [-0.39, 0.29) is 24.5 Å². The Bertz CT molecular complexity index is 2120. The lowest BCUT2D eigenvalue weighted by molar-refractivity contribution is -0.132. The fourth-order valence-electron chi connectivity index (χ4n) is 7.68. The number of aromatic nitrogens is 6. The summed E-state index contributed by atoms with van der Waals surface area (Å²) in [5.74, 6) is 1.43. The topological polar surface area (TPSA) is 146 Å². The summed E-state index contributed by atoms with van der Waals surface area (Å²) in [6.07, 6.45) is 7.87. The van der Waals surface area contributed by atoms with Crippen LogP contribution in [0.3, 0.4) is 0 Å². The van der Waals surface area contributed by atoms with Crippen molar-refractivity contribution in [3.63, 3.8) is 0 Å². The molecule has 1 atom stereocenters. The lowest BCUT2D eigenvalue weighted by atomic mass is 9.85. The van der Waals surface area contributed by atoms with Crippen molar-refractivity contribution in [2.24, 2.45) is 5.41 Å². The molecule has 52 heavy (non-hydrogen) atoms. The summed E-state index contributed by atoms with van der Waals surface area (Å²) in [7, 11) is 0. The van der Waals surface area contributed by atoms with Crippen molar-refractivity contribution in [3.8, 4) is 28.5 Å². The molecule has 268 valence electrons. The van der Waals surface area contributed by atoms with Gasteiger partial charge in [0.05, 0.1) is 36.7 Å². The predicted molar refractivity (Wildman–Crippen MR) is 197 cm³/mol. The van der Waals surface area contributed by atoms with Gasteiger partial charge in [-0.1, -0.05) is 30.3 Å². The molecule has 0 saturated carbocycles. The van der Waals surface area contributed by atoms with Gasteiger partial charge in [0.2, 0.25) is 17.7 Å². The maximum Gasteiger partial charge on any atom is 0.237 e. The summed E-state index contributed by atoms with van der Waals surface area (Å²) in [5, 5.41) is 22.1. The van der Waals surface area contributed by atoms with Crippen molar-refractivity contribution >= 4 is 34.0 Å². The summed E-state index contributed by atoms with van der Waals surface area (Å²) >= 11 is 0. The van der Waals surface area contributed by atoms with Crippen molar-refractivity contribution in [3.05, 3.63) is 78.8 Å². The first-order valence-corrected chi connectivity index (χ1v) is 18.0. The third kappa shape index (κ3) is 6.57. The smallest absolute Gasteiger partial charge is 0.237 e. The first kappa shape index (κ1) is 33.7. The van der Waals surface area contributed by atoms with Gasteiger partial charge in [-0.05, 0) is 75.1 Å². The van der Waals surface area contributed by atoms with E-state index in [0.29, 0.717) is 51.0 Å². The maximum atomic E-state index is 14.0. The number of carbonyl (C=O) groups excluding carboxylic acids is 2. The number of anilines is 1. The van der Waals surface area contributed by atoms with Crippen LogP contribution in [-0.4, -0.2) is 109 Å². The number of H-pyrrole nitrogens is 1.